The quantitative estimate of drug-likeness (QED) is 0.337. The summed E-state index contributed by atoms with van der Waals surface area (Å²) in [4.78, 5) is 10.7. The van der Waals surface area contributed by atoms with Gasteiger partial charge in [-0.1, -0.05) is 39.5 Å². The minimum atomic E-state index is -0.160. The first-order chi connectivity index (χ1) is 6.81. The molecule has 0 spiro atoms. The van der Waals surface area contributed by atoms with Gasteiger partial charge in [-0.3, -0.25) is 4.79 Å². The molecular formula is C12H22O2. The lowest BCUT2D eigenvalue weighted by atomic mass is 10.1. The van der Waals surface area contributed by atoms with E-state index in [1.807, 2.05) is 6.08 Å². The van der Waals surface area contributed by atoms with Gasteiger partial charge in [-0.2, -0.15) is 0 Å². The Morgan fingerprint density at radius 2 is 1.86 bits per heavy atom. The zero-order valence-electron chi connectivity index (χ0n) is 9.42. The summed E-state index contributed by atoms with van der Waals surface area (Å²) in [5.74, 6) is -0.160. The summed E-state index contributed by atoms with van der Waals surface area (Å²) in [6.45, 7) is 4.00. The Kier molecular flexibility index (Phi) is 9.71. The molecule has 0 fully saturated rings. The van der Waals surface area contributed by atoms with Gasteiger partial charge in [-0.15, -0.1) is 0 Å². The highest BCUT2D eigenvalue weighted by Gasteiger charge is 1.92. The fourth-order valence-electron chi connectivity index (χ4n) is 1.14. The molecule has 14 heavy (non-hydrogen) atoms. The predicted molar refractivity (Wildman–Crippen MR) is 58.9 cm³/mol. The number of allylic oxidation sites excluding steroid dienone is 1. The number of carbonyl (C=O) groups excluding carboxylic acids is 1. The van der Waals surface area contributed by atoms with Gasteiger partial charge in [0.25, 0.3) is 0 Å². The Morgan fingerprint density at radius 1 is 1.14 bits per heavy atom. The third-order valence-corrected chi connectivity index (χ3v) is 2.06. The van der Waals surface area contributed by atoms with Gasteiger partial charge in [0.2, 0.25) is 0 Å². The number of unbranched alkanes of at least 4 members (excludes halogenated alkanes) is 5. The van der Waals surface area contributed by atoms with Crippen LogP contribution in [0.2, 0.25) is 0 Å². The second kappa shape index (κ2) is 10.3. The number of ether oxygens (including phenoxy) is 1. The van der Waals surface area contributed by atoms with Crippen LogP contribution < -0.4 is 0 Å². The van der Waals surface area contributed by atoms with Crippen LogP contribution in [0.25, 0.3) is 0 Å². The standard InChI is InChI=1S/C12H22O2/c1-3-5-6-7-8-9-10-11-14-12(13)4-2/h10-11H,3-9H2,1-2H3/b11-10+. The summed E-state index contributed by atoms with van der Waals surface area (Å²) in [6.07, 6.45) is 11.3. The number of hydrogen-bond donors (Lipinski definition) is 0. The Balaban J connectivity index is 3.15. The summed E-state index contributed by atoms with van der Waals surface area (Å²) < 4.78 is 4.80. The minimum absolute atomic E-state index is 0.160. The molecule has 0 aromatic carbocycles. The topological polar surface area (TPSA) is 26.3 Å². The molecule has 0 radical (unpaired) electrons. The molecule has 2 heteroatoms. The summed E-state index contributed by atoms with van der Waals surface area (Å²) in [7, 11) is 0. The second-order valence-electron chi connectivity index (χ2n) is 3.42. The zero-order chi connectivity index (χ0) is 10.6. The minimum Gasteiger partial charge on any atom is -0.435 e. The van der Waals surface area contributed by atoms with E-state index in [4.69, 9.17) is 4.74 Å². The van der Waals surface area contributed by atoms with Gasteiger partial charge in [0.15, 0.2) is 0 Å². The maximum atomic E-state index is 10.7. The molecule has 2 nitrogen and oxygen atoms in total. The van der Waals surface area contributed by atoms with E-state index in [9.17, 15) is 4.79 Å². The highest BCUT2D eigenvalue weighted by Crippen LogP contribution is 2.05. The lowest BCUT2D eigenvalue weighted by molar-refractivity contribution is -0.137. The second-order valence-corrected chi connectivity index (χ2v) is 3.42. The van der Waals surface area contributed by atoms with Crippen LogP contribution in [-0.4, -0.2) is 5.97 Å². The first-order valence-corrected chi connectivity index (χ1v) is 5.65. The molecule has 0 rings (SSSR count). The number of esters is 1. The SMILES string of the molecule is CCCCCCC/C=C/OC(=O)CC. The molecule has 0 aromatic rings. The average Bonchev–Trinajstić information content (AvgIpc) is 2.21. The fourth-order valence-corrected chi connectivity index (χ4v) is 1.14. The van der Waals surface area contributed by atoms with Gasteiger partial charge >= 0.3 is 5.97 Å². The highest BCUT2D eigenvalue weighted by molar-refractivity contribution is 5.69. The smallest absolute Gasteiger partial charge is 0.310 e. The normalized spacial score (nSPS) is 10.7. The predicted octanol–water partition coefficient (Wildman–Crippen LogP) is 3.81. The Bertz CT molecular complexity index is 162. The van der Waals surface area contributed by atoms with Crippen molar-refractivity contribution in [1.29, 1.82) is 0 Å². The molecule has 0 amide bonds. The third-order valence-electron chi connectivity index (χ3n) is 2.06. The van der Waals surface area contributed by atoms with Gasteiger partial charge in [0, 0.05) is 6.42 Å². The van der Waals surface area contributed by atoms with E-state index in [0.29, 0.717) is 6.42 Å². The van der Waals surface area contributed by atoms with Crippen molar-refractivity contribution < 1.29 is 9.53 Å². The summed E-state index contributed by atoms with van der Waals surface area (Å²) in [5, 5.41) is 0. The molecule has 0 aliphatic carbocycles. The molecule has 0 aliphatic heterocycles. The molecule has 0 unspecified atom stereocenters. The van der Waals surface area contributed by atoms with Crippen molar-refractivity contribution in [2.45, 2.75) is 58.8 Å². The molecular weight excluding hydrogens is 176 g/mol. The molecule has 0 bridgehead atoms. The van der Waals surface area contributed by atoms with Gasteiger partial charge in [0.05, 0.1) is 6.26 Å². The number of hydrogen-bond acceptors (Lipinski definition) is 2. The van der Waals surface area contributed by atoms with Crippen molar-refractivity contribution in [2.24, 2.45) is 0 Å². The molecule has 0 N–H and O–H groups in total. The Morgan fingerprint density at radius 3 is 2.50 bits per heavy atom. The van der Waals surface area contributed by atoms with Crippen LogP contribution in [0.1, 0.15) is 58.8 Å². The van der Waals surface area contributed by atoms with Crippen LogP contribution >= 0.6 is 0 Å². The molecule has 0 atom stereocenters. The summed E-state index contributed by atoms with van der Waals surface area (Å²) in [6, 6.07) is 0. The van der Waals surface area contributed by atoms with E-state index in [1.54, 1.807) is 6.92 Å². The van der Waals surface area contributed by atoms with Gasteiger partial charge in [-0.05, 0) is 18.9 Å². The van der Waals surface area contributed by atoms with Crippen LogP contribution in [0.4, 0.5) is 0 Å². The van der Waals surface area contributed by atoms with Gasteiger partial charge in [-0.25, -0.2) is 0 Å². The lowest BCUT2D eigenvalue weighted by Gasteiger charge is -1.96. The van der Waals surface area contributed by atoms with E-state index >= 15 is 0 Å². The van der Waals surface area contributed by atoms with Crippen LogP contribution in [0.3, 0.4) is 0 Å². The van der Waals surface area contributed by atoms with Crippen molar-refractivity contribution in [3.05, 3.63) is 12.3 Å². The molecule has 0 saturated heterocycles. The largest absolute Gasteiger partial charge is 0.435 e. The van der Waals surface area contributed by atoms with E-state index in [-0.39, 0.29) is 5.97 Å². The van der Waals surface area contributed by atoms with E-state index in [2.05, 4.69) is 6.92 Å². The lowest BCUT2D eigenvalue weighted by Crippen LogP contribution is -1.95. The third kappa shape index (κ3) is 9.30. The van der Waals surface area contributed by atoms with Crippen molar-refractivity contribution in [3.8, 4) is 0 Å². The Hall–Kier alpha value is -0.790. The van der Waals surface area contributed by atoms with Gasteiger partial charge in [0.1, 0.15) is 0 Å². The molecule has 0 aromatic heterocycles. The van der Waals surface area contributed by atoms with Crippen LogP contribution in [0, 0.1) is 0 Å². The maximum absolute atomic E-state index is 10.7. The first kappa shape index (κ1) is 13.2. The van der Waals surface area contributed by atoms with Gasteiger partial charge < -0.3 is 4.74 Å². The maximum Gasteiger partial charge on any atom is 0.310 e. The van der Waals surface area contributed by atoms with E-state index in [0.717, 1.165) is 6.42 Å². The average molecular weight is 198 g/mol. The zero-order valence-corrected chi connectivity index (χ0v) is 9.42. The van der Waals surface area contributed by atoms with Crippen LogP contribution in [-0.2, 0) is 9.53 Å². The summed E-state index contributed by atoms with van der Waals surface area (Å²) >= 11 is 0. The Labute approximate surface area is 87.3 Å². The molecule has 0 heterocycles. The van der Waals surface area contributed by atoms with Crippen molar-refractivity contribution >= 4 is 5.97 Å². The number of carbonyl (C=O) groups is 1. The van der Waals surface area contributed by atoms with E-state index in [1.165, 1.54) is 38.4 Å². The van der Waals surface area contributed by atoms with Crippen molar-refractivity contribution in [2.75, 3.05) is 0 Å². The van der Waals surface area contributed by atoms with Crippen molar-refractivity contribution in [3.63, 3.8) is 0 Å². The van der Waals surface area contributed by atoms with Crippen LogP contribution in [0.15, 0.2) is 12.3 Å². The highest BCUT2D eigenvalue weighted by atomic mass is 16.5. The van der Waals surface area contributed by atoms with Crippen LogP contribution in [0.5, 0.6) is 0 Å². The number of rotatable bonds is 8. The van der Waals surface area contributed by atoms with E-state index < -0.39 is 0 Å². The fraction of sp³-hybridized carbons (Fsp3) is 0.750. The first-order valence-electron chi connectivity index (χ1n) is 5.65. The molecule has 0 saturated carbocycles. The monoisotopic (exact) mass is 198 g/mol. The van der Waals surface area contributed by atoms with Crippen molar-refractivity contribution in [1.82, 2.24) is 0 Å². The molecule has 0 aliphatic rings. The molecule has 82 valence electrons. The summed E-state index contributed by atoms with van der Waals surface area (Å²) in [5.41, 5.74) is 0.